The third kappa shape index (κ3) is 3.32. The van der Waals surface area contributed by atoms with Gasteiger partial charge >= 0.3 is 0 Å². The first-order valence-electron chi connectivity index (χ1n) is 6.31. The van der Waals surface area contributed by atoms with E-state index in [1.165, 1.54) is 0 Å². The minimum atomic E-state index is -0.627. The van der Waals surface area contributed by atoms with E-state index in [-0.39, 0.29) is 18.2 Å². The highest BCUT2D eigenvalue weighted by atomic mass is 16.3. The van der Waals surface area contributed by atoms with Gasteiger partial charge in [0.15, 0.2) is 11.5 Å². The van der Waals surface area contributed by atoms with E-state index in [2.05, 4.69) is 10.3 Å². The van der Waals surface area contributed by atoms with Crippen LogP contribution >= 0.6 is 0 Å². The molecule has 102 valence electrons. The number of aryl methyl sites for hydroxylation is 1. The number of oxazole rings is 1. The molecular formula is C14H18N2O3. The molecule has 1 amide bonds. The number of nitrogens with zero attached hydrogens (tertiary/aromatic N) is 1. The number of nitrogens with one attached hydrogen (secondary N) is 1. The molecule has 2 aromatic rings. The third-order valence-electron chi connectivity index (χ3n) is 2.94. The molecule has 2 N–H and O–H groups in total. The minimum absolute atomic E-state index is 0.0615. The number of fused-ring (bicyclic) bond motifs is 1. The highest BCUT2D eigenvalue weighted by Gasteiger charge is 2.14. The first kappa shape index (κ1) is 13.5. The van der Waals surface area contributed by atoms with Crippen LogP contribution in [0.25, 0.3) is 11.1 Å². The molecule has 5 nitrogen and oxygen atoms in total. The molecule has 2 rings (SSSR count). The average Bonchev–Trinajstić information content (AvgIpc) is 2.68. The van der Waals surface area contributed by atoms with Crippen LogP contribution in [-0.2, 0) is 4.79 Å². The molecule has 1 atom stereocenters. The largest absolute Gasteiger partial charge is 0.441 e. The lowest BCUT2D eigenvalue weighted by atomic mass is 10.0. The van der Waals surface area contributed by atoms with Crippen LogP contribution in [0, 0.1) is 12.8 Å². The maximum absolute atomic E-state index is 11.8. The Hall–Kier alpha value is -1.88. The number of hydrogen-bond acceptors (Lipinski definition) is 4. The summed E-state index contributed by atoms with van der Waals surface area (Å²) in [6, 6.07) is 5.28. The monoisotopic (exact) mass is 262 g/mol. The van der Waals surface area contributed by atoms with E-state index in [1.54, 1.807) is 25.1 Å². The fourth-order valence-electron chi connectivity index (χ4n) is 1.76. The van der Waals surface area contributed by atoms with Gasteiger partial charge < -0.3 is 14.8 Å². The van der Waals surface area contributed by atoms with Gasteiger partial charge in [0.25, 0.3) is 0 Å². The Morgan fingerprint density at radius 1 is 1.47 bits per heavy atom. The van der Waals surface area contributed by atoms with Gasteiger partial charge in [0, 0.05) is 12.6 Å². The second-order valence-corrected chi connectivity index (χ2v) is 4.98. The Morgan fingerprint density at radius 2 is 2.21 bits per heavy atom. The van der Waals surface area contributed by atoms with Crippen LogP contribution in [0.2, 0.25) is 0 Å². The molecule has 0 fully saturated rings. The summed E-state index contributed by atoms with van der Waals surface area (Å²) in [7, 11) is 0. The van der Waals surface area contributed by atoms with E-state index in [0.29, 0.717) is 22.7 Å². The van der Waals surface area contributed by atoms with Crippen molar-refractivity contribution in [3.05, 3.63) is 24.1 Å². The molecule has 1 heterocycles. The number of hydrogen-bond donors (Lipinski definition) is 2. The van der Waals surface area contributed by atoms with Crippen molar-refractivity contribution in [2.24, 2.45) is 5.92 Å². The Balaban J connectivity index is 2.06. The number of carbonyl (C=O) groups is 1. The zero-order valence-corrected chi connectivity index (χ0v) is 11.3. The maximum Gasteiger partial charge on any atom is 0.226 e. The Bertz CT molecular complexity index is 589. The number of aliphatic hydroxyl groups is 1. The quantitative estimate of drug-likeness (QED) is 0.887. The molecule has 1 aromatic carbocycles. The summed E-state index contributed by atoms with van der Waals surface area (Å²) in [5, 5.41) is 12.4. The molecule has 0 spiro atoms. The summed E-state index contributed by atoms with van der Waals surface area (Å²) < 4.78 is 5.36. The first-order valence-corrected chi connectivity index (χ1v) is 6.31. The van der Waals surface area contributed by atoms with E-state index in [4.69, 9.17) is 4.42 Å². The number of anilines is 1. The van der Waals surface area contributed by atoms with Crippen molar-refractivity contribution < 1.29 is 14.3 Å². The van der Waals surface area contributed by atoms with Crippen molar-refractivity contribution in [2.45, 2.75) is 33.3 Å². The van der Waals surface area contributed by atoms with Gasteiger partial charge in [-0.05, 0) is 24.1 Å². The number of benzene rings is 1. The topological polar surface area (TPSA) is 75.4 Å². The normalized spacial score (nSPS) is 12.9. The average molecular weight is 262 g/mol. The highest BCUT2D eigenvalue weighted by Crippen LogP contribution is 2.20. The number of aliphatic hydroxyl groups excluding tert-OH is 1. The molecule has 1 aromatic heterocycles. The molecule has 0 saturated heterocycles. The van der Waals surface area contributed by atoms with Crippen LogP contribution in [0.15, 0.2) is 22.6 Å². The lowest BCUT2D eigenvalue weighted by molar-refractivity contribution is -0.118. The SMILES string of the molecule is Cc1nc2cc(NC(=O)CC(O)C(C)C)ccc2o1. The van der Waals surface area contributed by atoms with Crippen LogP contribution in [0.5, 0.6) is 0 Å². The summed E-state index contributed by atoms with van der Waals surface area (Å²) >= 11 is 0. The zero-order chi connectivity index (χ0) is 14.0. The van der Waals surface area contributed by atoms with E-state index in [1.807, 2.05) is 13.8 Å². The van der Waals surface area contributed by atoms with Crippen molar-refractivity contribution in [3.63, 3.8) is 0 Å². The lowest BCUT2D eigenvalue weighted by Gasteiger charge is -2.13. The zero-order valence-electron chi connectivity index (χ0n) is 11.3. The van der Waals surface area contributed by atoms with Crippen LogP contribution in [0.3, 0.4) is 0 Å². The molecule has 19 heavy (non-hydrogen) atoms. The number of aromatic nitrogens is 1. The first-order chi connectivity index (χ1) is 8.95. The number of rotatable bonds is 4. The molecule has 0 bridgehead atoms. The van der Waals surface area contributed by atoms with Gasteiger partial charge in [-0.1, -0.05) is 13.8 Å². The van der Waals surface area contributed by atoms with E-state index in [9.17, 15) is 9.90 Å². The maximum atomic E-state index is 11.8. The number of amides is 1. The molecule has 5 heteroatoms. The molecule has 0 aliphatic carbocycles. The molecule has 0 saturated carbocycles. The Labute approximate surface area is 111 Å². The molecule has 0 aliphatic heterocycles. The smallest absolute Gasteiger partial charge is 0.226 e. The molecule has 0 aliphatic rings. The van der Waals surface area contributed by atoms with Crippen molar-refractivity contribution >= 4 is 22.7 Å². The van der Waals surface area contributed by atoms with Gasteiger partial charge in [-0.2, -0.15) is 0 Å². The summed E-state index contributed by atoms with van der Waals surface area (Å²) in [5.74, 6) is 0.445. The van der Waals surface area contributed by atoms with Crippen molar-refractivity contribution in [2.75, 3.05) is 5.32 Å². The van der Waals surface area contributed by atoms with Gasteiger partial charge in [0.2, 0.25) is 5.91 Å². The predicted octanol–water partition coefficient (Wildman–Crippen LogP) is 2.48. The van der Waals surface area contributed by atoms with Gasteiger partial charge in [-0.3, -0.25) is 4.79 Å². The Kier molecular flexibility index (Phi) is 3.85. The predicted molar refractivity (Wildman–Crippen MR) is 72.8 cm³/mol. The van der Waals surface area contributed by atoms with Crippen molar-refractivity contribution in [3.8, 4) is 0 Å². The van der Waals surface area contributed by atoms with Gasteiger partial charge in [0.1, 0.15) is 5.52 Å². The van der Waals surface area contributed by atoms with E-state index >= 15 is 0 Å². The van der Waals surface area contributed by atoms with Gasteiger partial charge in [-0.25, -0.2) is 4.98 Å². The molecular weight excluding hydrogens is 244 g/mol. The van der Waals surface area contributed by atoms with Crippen LogP contribution < -0.4 is 5.32 Å². The summed E-state index contributed by atoms with van der Waals surface area (Å²) in [4.78, 5) is 16.0. The summed E-state index contributed by atoms with van der Waals surface area (Å²) in [6.45, 7) is 5.53. The molecule has 1 unspecified atom stereocenters. The fourth-order valence-corrected chi connectivity index (χ4v) is 1.76. The van der Waals surface area contributed by atoms with Gasteiger partial charge in [-0.15, -0.1) is 0 Å². The second-order valence-electron chi connectivity index (χ2n) is 4.98. The lowest BCUT2D eigenvalue weighted by Crippen LogP contribution is -2.23. The fraction of sp³-hybridized carbons (Fsp3) is 0.429. The van der Waals surface area contributed by atoms with E-state index < -0.39 is 6.10 Å². The molecule has 0 radical (unpaired) electrons. The second kappa shape index (κ2) is 5.40. The summed E-state index contributed by atoms with van der Waals surface area (Å²) in [6.07, 6.45) is -0.536. The van der Waals surface area contributed by atoms with E-state index in [0.717, 1.165) is 0 Å². The summed E-state index contributed by atoms with van der Waals surface area (Å²) in [5.41, 5.74) is 2.05. The Morgan fingerprint density at radius 3 is 2.89 bits per heavy atom. The minimum Gasteiger partial charge on any atom is -0.441 e. The van der Waals surface area contributed by atoms with Crippen molar-refractivity contribution in [1.82, 2.24) is 4.98 Å². The number of carbonyl (C=O) groups excluding carboxylic acids is 1. The third-order valence-corrected chi connectivity index (χ3v) is 2.94. The van der Waals surface area contributed by atoms with Crippen LogP contribution in [0.4, 0.5) is 5.69 Å². The highest BCUT2D eigenvalue weighted by molar-refractivity contribution is 5.93. The van der Waals surface area contributed by atoms with Crippen LogP contribution in [0.1, 0.15) is 26.2 Å². The standard InChI is InChI=1S/C14H18N2O3/c1-8(2)12(17)7-14(18)16-10-4-5-13-11(6-10)15-9(3)19-13/h4-6,8,12,17H,7H2,1-3H3,(H,16,18). The van der Waals surface area contributed by atoms with Gasteiger partial charge in [0.05, 0.1) is 12.5 Å². The van der Waals surface area contributed by atoms with Crippen LogP contribution in [-0.4, -0.2) is 22.1 Å². The van der Waals surface area contributed by atoms with Crippen molar-refractivity contribution in [1.29, 1.82) is 0 Å².